The molecule has 0 unspecified atom stereocenters. The lowest BCUT2D eigenvalue weighted by Crippen LogP contribution is -2.19. The zero-order valence-electron chi connectivity index (χ0n) is 14.2. The van der Waals surface area contributed by atoms with Crippen molar-refractivity contribution in [1.29, 1.82) is 0 Å². The molecule has 1 N–H and O–H groups in total. The van der Waals surface area contributed by atoms with Gasteiger partial charge in [-0.25, -0.2) is 0 Å². The minimum absolute atomic E-state index is 0.124. The van der Waals surface area contributed by atoms with Gasteiger partial charge in [0.1, 0.15) is 0 Å². The molecule has 3 aromatic rings. The van der Waals surface area contributed by atoms with Gasteiger partial charge in [-0.05, 0) is 47.2 Å². The van der Waals surface area contributed by atoms with Crippen molar-refractivity contribution >= 4 is 23.4 Å². The molecule has 0 aliphatic rings. The van der Waals surface area contributed by atoms with Crippen LogP contribution in [0.5, 0.6) is 0 Å². The van der Waals surface area contributed by atoms with E-state index in [0.29, 0.717) is 15.9 Å². The second-order valence-corrected chi connectivity index (χ2v) is 7.12. The number of rotatable bonds is 8. The Morgan fingerprint density at radius 3 is 2.62 bits per heavy atom. The molecule has 0 fully saturated rings. The summed E-state index contributed by atoms with van der Waals surface area (Å²) in [6.45, 7) is 2.17. The predicted octanol–water partition coefficient (Wildman–Crippen LogP) is 3.55. The number of benzene rings is 2. The summed E-state index contributed by atoms with van der Waals surface area (Å²) < 4.78 is 7.40. The number of ether oxygens (including phenoxy) is 1. The number of aliphatic hydroxyl groups is 1. The maximum atomic E-state index is 10.2. The third kappa shape index (κ3) is 5.04. The van der Waals surface area contributed by atoms with Crippen LogP contribution in [0, 0.1) is 0 Å². The van der Waals surface area contributed by atoms with Gasteiger partial charge in [0.2, 0.25) is 5.16 Å². The van der Waals surface area contributed by atoms with Gasteiger partial charge in [-0.15, -0.1) is 5.10 Å². The van der Waals surface area contributed by atoms with Gasteiger partial charge in [-0.3, -0.25) is 0 Å². The lowest BCUT2D eigenvalue weighted by atomic mass is 10.1. The maximum Gasteiger partial charge on any atom is 0.214 e. The minimum atomic E-state index is -0.629. The highest BCUT2D eigenvalue weighted by molar-refractivity contribution is 7.99. The largest absolute Gasteiger partial charge is 0.390 e. The number of para-hydroxylation sites is 1. The van der Waals surface area contributed by atoms with E-state index in [1.165, 1.54) is 11.8 Å². The van der Waals surface area contributed by atoms with Gasteiger partial charge < -0.3 is 9.84 Å². The Morgan fingerprint density at radius 2 is 1.88 bits per heavy atom. The van der Waals surface area contributed by atoms with Crippen LogP contribution in [-0.2, 0) is 4.74 Å². The molecule has 8 heteroatoms. The lowest BCUT2D eigenvalue weighted by Gasteiger charge is -2.16. The first-order valence-electron chi connectivity index (χ1n) is 8.15. The molecule has 0 aliphatic carbocycles. The summed E-state index contributed by atoms with van der Waals surface area (Å²) in [6.07, 6.45) is -0.753. The number of aromatic nitrogens is 4. The quantitative estimate of drug-likeness (QED) is 0.593. The van der Waals surface area contributed by atoms with Crippen molar-refractivity contribution in [3.8, 4) is 5.69 Å². The molecule has 136 valence electrons. The molecular formula is C18H19ClN4O2S. The molecule has 1 heterocycles. The van der Waals surface area contributed by atoms with E-state index in [0.717, 1.165) is 11.3 Å². The highest BCUT2D eigenvalue weighted by Crippen LogP contribution is 2.21. The molecule has 0 saturated carbocycles. The van der Waals surface area contributed by atoms with Crippen molar-refractivity contribution in [2.75, 3.05) is 12.4 Å². The van der Waals surface area contributed by atoms with Crippen LogP contribution < -0.4 is 0 Å². The molecule has 3 rings (SSSR count). The standard InChI is InChI=1S/C18H19ClN4O2S/c1-13(14-7-9-15(19)10-8-14)25-11-17(24)12-26-18-20-21-22-23(18)16-5-3-2-4-6-16/h2-10,13,17,24H,11-12H2,1H3/t13-,17-/m0/s1. The fourth-order valence-corrected chi connectivity index (χ4v) is 3.23. The Kier molecular flexibility index (Phi) is 6.62. The van der Waals surface area contributed by atoms with Gasteiger partial charge in [0, 0.05) is 10.8 Å². The summed E-state index contributed by atoms with van der Waals surface area (Å²) >= 11 is 7.27. The maximum absolute atomic E-state index is 10.2. The highest BCUT2D eigenvalue weighted by atomic mass is 35.5. The number of nitrogens with zero attached hydrogens (tertiary/aromatic N) is 4. The first kappa shape index (κ1) is 18.8. The normalized spacial score (nSPS) is 13.5. The molecule has 2 atom stereocenters. The van der Waals surface area contributed by atoms with E-state index < -0.39 is 6.10 Å². The third-order valence-electron chi connectivity index (χ3n) is 3.72. The molecule has 0 amide bonds. The molecule has 26 heavy (non-hydrogen) atoms. The van der Waals surface area contributed by atoms with Gasteiger partial charge in [0.15, 0.2) is 0 Å². The minimum Gasteiger partial charge on any atom is -0.390 e. The van der Waals surface area contributed by atoms with Crippen molar-refractivity contribution in [3.63, 3.8) is 0 Å². The van der Waals surface area contributed by atoms with Gasteiger partial charge in [-0.2, -0.15) is 4.68 Å². The zero-order valence-corrected chi connectivity index (χ0v) is 15.8. The zero-order chi connectivity index (χ0) is 18.4. The molecular weight excluding hydrogens is 372 g/mol. The monoisotopic (exact) mass is 390 g/mol. The first-order chi connectivity index (χ1) is 12.6. The van der Waals surface area contributed by atoms with Gasteiger partial charge in [-0.1, -0.05) is 53.7 Å². The van der Waals surface area contributed by atoms with Crippen LogP contribution in [0.1, 0.15) is 18.6 Å². The number of hydrogen-bond acceptors (Lipinski definition) is 6. The van der Waals surface area contributed by atoms with Crippen LogP contribution in [0.25, 0.3) is 5.69 Å². The summed E-state index contributed by atoms with van der Waals surface area (Å²) in [6, 6.07) is 17.1. The van der Waals surface area contributed by atoms with E-state index >= 15 is 0 Å². The van der Waals surface area contributed by atoms with E-state index in [9.17, 15) is 5.11 Å². The fourth-order valence-electron chi connectivity index (χ4n) is 2.30. The molecule has 1 aromatic heterocycles. The van der Waals surface area contributed by atoms with Crippen molar-refractivity contribution in [2.45, 2.75) is 24.3 Å². The summed E-state index contributed by atoms with van der Waals surface area (Å²) in [5.41, 5.74) is 1.89. The fraction of sp³-hybridized carbons (Fsp3) is 0.278. The molecule has 0 radical (unpaired) electrons. The second kappa shape index (κ2) is 9.14. The van der Waals surface area contributed by atoms with Crippen molar-refractivity contribution < 1.29 is 9.84 Å². The van der Waals surface area contributed by atoms with Gasteiger partial charge in [0.05, 0.1) is 24.5 Å². The highest BCUT2D eigenvalue weighted by Gasteiger charge is 2.14. The van der Waals surface area contributed by atoms with Crippen LogP contribution in [-0.4, -0.2) is 43.8 Å². The summed E-state index contributed by atoms with van der Waals surface area (Å²) in [5, 5.41) is 23.2. The molecule has 0 saturated heterocycles. The Labute approximate surface area is 161 Å². The van der Waals surface area contributed by atoms with Gasteiger partial charge >= 0.3 is 0 Å². The Hall–Kier alpha value is -1.93. The van der Waals surface area contributed by atoms with Crippen molar-refractivity contribution in [2.24, 2.45) is 0 Å². The lowest BCUT2D eigenvalue weighted by molar-refractivity contribution is 0.00621. The molecule has 0 spiro atoms. The average molecular weight is 391 g/mol. The van der Waals surface area contributed by atoms with Crippen LogP contribution in [0.15, 0.2) is 59.8 Å². The van der Waals surface area contributed by atoms with E-state index in [2.05, 4.69) is 15.5 Å². The molecule has 0 aliphatic heterocycles. The van der Waals surface area contributed by atoms with Crippen molar-refractivity contribution in [1.82, 2.24) is 20.2 Å². The molecule has 6 nitrogen and oxygen atoms in total. The first-order valence-corrected chi connectivity index (χ1v) is 9.51. The van der Waals surface area contributed by atoms with Crippen LogP contribution in [0.2, 0.25) is 5.02 Å². The molecule has 2 aromatic carbocycles. The Bertz CT molecular complexity index is 814. The number of tetrazole rings is 1. The number of thioether (sulfide) groups is 1. The third-order valence-corrected chi connectivity index (χ3v) is 5.04. The van der Waals surface area contributed by atoms with Gasteiger partial charge in [0.25, 0.3) is 0 Å². The average Bonchev–Trinajstić information content (AvgIpc) is 3.14. The van der Waals surface area contributed by atoms with E-state index in [1.807, 2.05) is 61.5 Å². The van der Waals surface area contributed by atoms with Crippen LogP contribution in [0.4, 0.5) is 0 Å². The summed E-state index contributed by atoms with van der Waals surface area (Å²) in [5.74, 6) is 0.431. The topological polar surface area (TPSA) is 73.1 Å². The SMILES string of the molecule is C[C@H](OC[C@H](O)CSc1nnnn1-c1ccccc1)c1ccc(Cl)cc1. The van der Waals surface area contributed by atoms with Crippen LogP contribution in [0.3, 0.4) is 0 Å². The summed E-state index contributed by atoms with van der Waals surface area (Å²) in [7, 11) is 0. The number of hydrogen-bond donors (Lipinski definition) is 1. The van der Waals surface area contributed by atoms with Crippen molar-refractivity contribution in [3.05, 3.63) is 65.2 Å². The molecule has 0 bridgehead atoms. The Balaban J connectivity index is 1.50. The smallest absolute Gasteiger partial charge is 0.214 e. The van der Waals surface area contributed by atoms with E-state index in [-0.39, 0.29) is 12.7 Å². The van der Waals surface area contributed by atoms with Crippen LogP contribution >= 0.6 is 23.4 Å². The van der Waals surface area contributed by atoms with E-state index in [1.54, 1.807) is 4.68 Å². The summed E-state index contributed by atoms with van der Waals surface area (Å²) in [4.78, 5) is 0. The second-order valence-electron chi connectivity index (χ2n) is 5.70. The predicted molar refractivity (Wildman–Crippen MR) is 102 cm³/mol. The Morgan fingerprint density at radius 1 is 1.15 bits per heavy atom. The number of aliphatic hydroxyl groups excluding tert-OH is 1. The van der Waals surface area contributed by atoms with E-state index in [4.69, 9.17) is 16.3 Å². The number of halogens is 1.